The summed E-state index contributed by atoms with van der Waals surface area (Å²) in [7, 11) is -0.833. The van der Waals surface area contributed by atoms with Crippen molar-refractivity contribution in [3.8, 4) is 0 Å². The largest absolute Gasteiger partial charge is 1.00 e. The SMILES string of the molecule is O=PO.OCCO.[Na+].[c-]1ccccc1. The molecule has 0 aliphatic heterocycles. The first-order valence-electron chi connectivity index (χ1n) is 3.43. The van der Waals surface area contributed by atoms with E-state index in [0.29, 0.717) is 0 Å². The Morgan fingerprint density at radius 2 is 1.43 bits per heavy atom. The van der Waals surface area contributed by atoms with Crippen molar-refractivity contribution in [3.63, 3.8) is 0 Å². The number of benzene rings is 1. The van der Waals surface area contributed by atoms with Crippen molar-refractivity contribution in [3.05, 3.63) is 36.4 Å². The van der Waals surface area contributed by atoms with Crippen LogP contribution >= 0.6 is 8.69 Å². The minimum absolute atomic E-state index is 0. The number of hydrogen-bond acceptors (Lipinski definition) is 3. The van der Waals surface area contributed by atoms with Gasteiger partial charge >= 0.3 is 38.2 Å². The standard InChI is InChI=1S/C6H5.C2H6O2.Na.HO2P/c1-2-4-6-5-3-1;3-1-2-4;;1-3-2/h1-5H;3-4H,1-2H2;;(H,1,2)/q-1;;+1;. The zero-order valence-corrected chi connectivity index (χ0v) is 10.9. The molecule has 0 aliphatic rings. The van der Waals surface area contributed by atoms with E-state index in [4.69, 9.17) is 19.7 Å². The van der Waals surface area contributed by atoms with E-state index in [1.807, 2.05) is 30.3 Å². The molecule has 0 spiro atoms. The van der Waals surface area contributed by atoms with Crippen LogP contribution in [-0.4, -0.2) is 28.3 Å². The van der Waals surface area contributed by atoms with Crippen LogP contribution in [0, 0.1) is 6.07 Å². The zero-order chi connectivity index (χ0) is 10.4. The van der Waals surface area contributed by atoms with Crippen molar-refractivity contribution in [2.45, 2.75) is 0 Å². The summed E-state index contributed by atoms with van der Waals surface area (Å²) in [6.07, 6.45) is 0. The van der Waals surface area contributed by atoms with Gasteiger partial charge in [-0.15, -0.1) is 0 Å². The molecule has 0 unspecified atom stereocenters. The van der Waals surface area contributed by atoms with Crippen molar-refractivity contribution in [2.75, 3.05) is 13.2 Å². The van der Waals surface area contributed by atoms with Crippen LogP contribution in [0.5, 0.6) is 0 Å². The van der Waals surface area contributed by atoms with Crippen LogP contribution in [0.2, 0.25) is 0 Å². The molecular weight excluding hydrogens is 214 g/mol. The van der Waals surface area contributed by atoms with E-state index in [2.05, 4.69) is 6.07 Å². The molecular formula is C8H12NaO4P. The summed E-state index contributed by atoms with van der Waals surface area (Å²) in [5, 5.41) is 15.2. The minimum Gasteiger partial charge on any atom is -0.394 e. The van der Waals surface area contributed by atoms with Gasteiger partial charge in [0.25, 0.3) is 0 Å². The van der Waals surface area contributed by atoms with E-state index in [-0.39, 0.29) is 42.8 Å². The van der Waals surface area contributed by atoms with Crippen LogP contribution in [-0.2, 0) is 4.57 Å². The minimum atomic E-state index is -0.833. The van der Waals surface area contributed by atoms with Gasteiger partial charge in [0.05, 0.1) is 13.2 Å². The number of aliphatic hydroxyl groups excluding tert-OH is 2. The molecule has 1 aromatic rings. The zero-order valence-electron chi connectivity index (χ0n) is 8.00. The first-order chi connectivity index (χ1) is 6.33. The van der Waals surface area contributed by atoms with Crippen molar-refractivity contribution >= 4 is 8.69 Å². The molecule has 0 saturated carbocycles. The summed E-state index contributed by atoms with van der Waals surface area (Å²) in [6, 6.07) is 12.5. The predicted octanol–water partition coefficient (Wildman–Crippen LogP) is -2.35. The molecule has 14 heavy (non-hydrogen) atoms. The maximum Gasteiger partial charge on any atom is 1.00 e. The second-order valence-corrected chi connectivity index (χ2v) is 1.77. The Morgan fingerprint density at radius 1 is 1.07 bits per heavy atom. The molecule has 6 heteroatoms. The average Bonchev–Trinajstić information content (AvgIpc) is 2.22. The van der Waals surface area contributed by atoms with Gasteiger partial charge < -0.3 is 15.1 Å². The monoisotopic (exact) mass is 226 g/mol. The van der Waals surface area contributed by atoms with Gasteiger partial charge in [0.2, 0.25) is 0 Å². The topological polar surface area (TPSA) is 77.8 Å². The maximum atomic E-state index is 8.46. The third-order valence-corrected chi connectivity index (χ3v) is 0.707. The summed E-state index contributed by atoms with van der Waals surface area (Å²) in [4.78, 5) is 6.99. The normalized spacial score (nSPS) is 7.07. The van der Waals surface area contributed by atoms with Gasteiger partial charge in [-0.3, -0.25) is 0 Å². The molecule has 3 N–H and O–H groups in total. The summed E-state index contributed by atoms with van der Waals surface area (Å²) >= 11 is 0. The van der Waals surface area contributed by atoms with E-state index in [1.165, 1.54) is 0 Å². The average molecular weight is 226 g/mol. The second-order valence-electron chi connectivity index (χ2n) is 1.61. The maximum absolute atomic E-state index is 8.46. The van der Waals surface area contributed by atoms with Crippen molar-refractivity contribution < 1.29 is 49.2 Å². The molecule has 0 heterocycles. The summed E-state index contributed by atoms with van der Waals surface area (Å²) in [5.41, 5.74) is 0. The second kappa shape index (κ2) is 23.2. The molecule has 0 bridgehead atoms. The van der Waals surface area contributed by atoms with E-state index in [9.17, 15) is 0 Å². The van der Waals surface area contributed by atoms with E-state index >= 15 is 0 Å². The Labute approximate surface area is 107 Å². The number of rotatable bonds is 1. The number of hydrogen-bond donors (Lipinski definition) is 3. The molecule has 74 valence electrons. The Balaban J connectivity index is -0.000000135. The fourth-order valence-electron chi connectivity index (χ4n) is 0.342. The van der Waals surface area contributed by atoms with Crippen LogP contribution in [0.15, 0.2) is 30.3 Å². The quantitative estimate of drug-likeness (QED) is 0.284. The van der Waals surface area contributed by atoms with Gasteiger partial charge in [-0.2, -0.15) is 36.4 Å². The van der Waals surface area contributed by atoms with Crippen molar-refractivity contribution in [2.24, 2.45) is 0 Å². The van der Waals surface area contributed by atoms with Crippen LogP contribution in [0.1, 0.15) is 0 Å². The summed E-state index contributed by atoms with van der Waals surface area (Å²) < 4.78 is 8.46. The fourth-order valence-corrected chi connectivity index (χ4v) is 0.342. The van der Waals surface area contributed by atoms with Crippen molar-refractivity contribution in [1.82, 2.24) is 0 Å². The van der Waals surface area contributed by atoms with Crippen LogP contribution in [0.4, 0.5) is 0 Å². The van der Waals surface area contributed by atoms with Crippen LogP contribution in [0.25, 0.3) is 0 Å². The molecule has 0 radical (unpaired) electrons. The third-order valence-electron chi connectivity index (χ3n) is 0.707. The summed E-state index contributed by atoms with van der Waals surface area (Å²) in [6.45, 7) is -0.250. The summed E-state index contributed by atoms with van der Waals surface area (Å²) in [5.74, 6) is 0. The van der Waals surface area contributed by atoms with E-state index in [1.54, 1.807) is 0 Å². The molecule has 0 atom stereocenters. The fraction of sp³-hybridized carbons (Fsp3) is 0.250. The molecule has 0 aromatic heterocycles. The van der Waals surface area contributed by atoms with E-state index in [0.717, 1.165) is 0 Å². The first kappa shape index (κ1) is 19.7. The van der Waals surface area contributed by atoms with Crippen molar-refractivity contribution in [1.29, 1.82) is 0 Å². The third kappa shape index (κ3) is 29.5. The molecule has 1 aromatic carbocycles. The molecule has 0 aliphatic carbocycles. The van der Waals surface area contributed by atoms with Gasteiger partial charge in [-0.25, -0.2) is 4.57 Å². The van der Waals surface area contributed by atoms with Gasteiger partial charge in [0.1, 0.15) is 0 Å². The van der Waals surface area contributed by atoms with Crippen LogP contribution < -0.4 is 29.6 Å². The molecule has 4 nitrogen and oxygen atoms in total. The van der Waals surface area contributed by atoms with Crippen LogP contribution in [0.3, 0.4) is 0 Å². The van der Waals surface area contributed by atoms with Gasteiger partial charge in [0, 0.05) is 0 Å². The Hall–Kier alpha value is 0.200. The number of aliphatic hydroxyl groups is 2. The smallest absolute Gasteiger partial charge is 0.394 e. The Kier molecular flexibility index (Phi) is 32.7. The van der Waals surface area contributed by atoms with Gasteiger partial charge in [-0.1, -0.05) is 0 Å². The van der Waals surface area contributed by atoms with Gasteiger partial charge in [-0.05, 0) is 0 Å². The molecule has 0 fully saturated rings. The molecule has 0 saturated heterocycles. The Bertz CT molecular complexity index is 146. The predicted molar refractivity (Wildman–Crippen MR) is 49.3 cm³/mol. The molecule has 0 amide bonds. The molecule has 1 rings (SSSR count). The van der Waals surface area contributed by atoms with E-state index < -0.39 is 8.69 Å². The first-order valence-corrected chi connectivity index (χ1v) is 4.19. The van der Waals surface area contributed by atoms with Gasteiger partial charge in [0.15, 0.2) is 0 Å². The Morgan fingerprint density at radius 3 is 1.50 bits per heavy atom.